The Hall–Kier alpha value is -4.83. The summed E-state index contributed by atoms with van der Waals surface area (Å²) < 4.78 is 23.0. The van der Waals surface area contributed by atoms with Crippen LogP contribution in [0.2, 0.25) is 0 Å². The Morgan fingerprint density at radius 3 is 0.879 bits per heavy atom. The van der Waals surface area contributed by atoms with Crippen LogP contribution in [0.25, 0.3) is 0 Å². The maximum Gasteiger partial charge on any atom is 0.361 e. The summed E-state index contributed by atoms with van der Waals surface area (Å²) in [6.45, 7) is 4.66. The molecule has 0 aliphatic rings. The molecule has 0 radical (unpaired) electrons. The lowest BCUT2D eigenvalue weighted by atomic mass is 10.0. The van der Waals surface area contributed by atoms with Gasteiger partial charge in [-0.25, -0.2) is 4.79 Å². The van der Waals surface area contributed by atoms with Crippen LogP contribution in [0.5, 0.6) is 0 Å². The predicted octanol–water partition coefficient (Wildman–Crippen LogP) is 23.5. The third kappa shape index (κ3) is 72.5. The summed E-state index contributed by atoms with van der Waals surface area (Å²) in [4.78, 5) is 37.7. The molecule has 0 heterocycles. The van der Waals surface area contributed by atoms with Gasteiger partial charge in [-0.3, -0.25) is 9.59 Å². The number of nitrogens with zero attached hydrogens (tertiary/aromatic N) is 1. The van der Waals surface area contributed by atoms with Gasteiger partial charge in [0.1, 0.15) is 13.2 Å². The van der Waals surface area contributed by atoms with Crippen LogP contribution in [0.1, 0.15) is 296 Å². The van der Waals surface area contributed by atoms with Crippen LogP contribution < -0.4 is 0 Å². The number of allylic oxidation sites excluding steroid dienone is 24. The van der Waals surface area contributed by atoms with Gasteiger partial charge in [0.15, 0.2) is 6.10 Å². The number of hydrogen-bond acceptors (Lipinski definition) is 7. The summed E-state index contributed by atoms with van der Waals surface area (Å²) in [5.74, 6) is -2.01. The number of aliphatic carboxylic acids is 1. The first kappa shape index (κ1) is 86.2. The van der Waals surface area contributed by atoms with Crippen molar-refractivity contribution in [2.75, 3.05) is 47.5 Å². The van der Waals surface area contributed by atoms with Crippen molar-refractivity contribution < 1.29 is 42.9 Å². The maximum atomic E-state index is 13.0. The van der Waals surface area contributed by atoms with Gasteiger partial charge in [0, 0.05) is 12.8 Å². The lowest BCUT2D eigenvalue weighted by Gasteiger charge is -2.25. The first-order valence-corrected chi connectivity index (χ1v) is 37.0. The molecule has 0 aromatic rings. The van der Waals surface area contributed by atoms with E-state index in [1.54, 1.807) is 0 Å². The lowest BCUT2D eigenvalue weighted by molar-refractivity contribution is -0.870. The summed E-state index contributed by atoms with van der Waals surface area (Å²) in [6.07, 6.45) is 101. The molecule has 0 saturated carbocycles. The van der Waals surface area contributed by atoms with Crippen LogP contribution in [-0.2, 0) is 33.3 Å². The number of unbranched alkanes of at least 4 members (excludes halogenated alkanes) is 28. The average Bonchev–Trinajstić information content (AvgIpc) is 3.46. The standard InChI is InChI=1S/C82H137NO8/c1-6-8-10-12-14-16-18-20-22-24-26-28-30-32-34-36-38-40-42-44-46-48-50-52-54-56-58-60-62-64-66-68-70-72-79(84)89-76-78(77-90-82(81(86)87)88-75-74-83(3,4)5)91-80(85)73-71-69-67-65-63-61-59-57-55-53-51-49-47-45-43-41-39-37-35-33-31-29-27-25-23-21-19-17-15-13-11-9-7-2/h8-11,14-17,20-23,26-29,32-35,39,41,45,47,78,82H,6-7,12-13,18-19,24-25,30-31,36-38,40,42-44,46,48-77H2,1-5H3/p+1/b10-8-,11-9-,16-14-,17-15-,22-20-,23-21-,28-26-,29-27-,34-32-,35-33-,41-39-,47-45-. The molecule has 9 nitrogen and oxygen atoms in total. The number of carboxylic acids is 1. The largest absolute Gasteiger partial charge is 0.477 e. The molecule has 0 amide bonds. The molecule has 518 valence electrons. The monoisotopic (exact) mass is 1270 g/mol. The molecule has 0 aromatic carbocycles. The van der Waals surface area contributed by atoms with E-state index >= 15 is 0 Å². The van der Waals surface area contributed by atoms with E-state index in [4.69, 9.17) is 18.9 Å². The van der Waals surface area contributed by atoms with Gasteiger partial charge in [-0.05, 0) is 116 Å². The number of hydrogen-bond donors (Lipinski definition) is 1. The molecule has 0 aliphatic carbocycles. The second-order valence-electron chi connectivity index (χ2n) is 25.5. The highest BCUT2D eigenvalue weighted by molar-refractivity contribution is 5.71. The van der Waals surface area contributed by atoms with E-state index in [2.05, 4.69) is 160 Å². The van der Waals surface area contributed by atoms with Crippen LogP contribution in [-0.4, -0.2) is 87.4 Å². The van der Waals surface area contributed by atoms with Gasteiger partial charge >= 0.3 is 17.9 Å². The molecule has 1 N–H and O–H groups in total. The topological polar surface area (TPSA) is 108 Å². The molecule has 0 saturated heterocycles. The summed E-state index contributed by atoms with van der Waals surface area (Å²) in [5, 5.41) is 9.76. The van der Waals surface area contributed by atoms with Crippen LogP contribution >= 0.6 is 0 Å². The SMILES string of the molecule is CC/C=C\C/C=C\C/C=C\C/C=C\C/C=C\C/C=C\C/C=C\CCCCCCCCCCCCCC(=O)OC(COC(=O)CCCCCCCCCCCCCCCCCCC/C=C\C/C=C\C/C=C\C/C=C\C/C=C\CC)COC(OCC[N+](C)(C)C)C(=O)O. The van der Waals surface area contributed by atoms with Crippen LogP contribution in [0.15, 0.2) is 146 Å². The van der Waals surface area contributed by atoms with Gasteiger partial charge in [0.05, 0.1) is 34.4 Å². The van der Waals surface area contributed by atoms with Crippen molar-refractivity contribution in [1.29, 1.82) is 0 Å². The van der Waals surface area contributed by atoms with Crippen molar-refractivity contribution in [3.05, 3.63) is 146 Å². The summed E-state index contributed by atoms with van der Waals surface area (Å²) >= 11 is 0. The smallest absolute Gasteiger partial charge is 0.361 e. The zero-order valence-corrected chi connectivity index (χ0v) is 59.2. The van der Waals surface area contributed by atoms with Crippen LogP contribution in [0.4, 0.5) is 0 Å². The fraction of sp³-hybridized carbons (Fsp3) is 0.671. The van der Waals surface area contributed by atoms with Gasteiger partial charge in [-0.1, -0.05) is 314 Å². The quantitative estimate of drug-likeness (QED) is 0.0211. The maximum absolute atomic E-state index is 13.0. The number of carboxylic acid groups (broad SMARTS) is 1. The van der Waals surface area contributed by atoms with Crippen LogP contribution in [0.3, 0.4) is 0 Å². The Morgan fingerprint density at radius 1 is 0.330 bits per heavy atom. The predicted molar refractivity (Wildman–Crippen MR) is 391 cm³/mol. The van der Waals surface area contributed by atoms with Gasteiger partial charge in [0.25, 0.3) is 6.29 Å². The van der Waals surface area contributed by atoms with Crippen molar-refractivity contribution >= 4 is 17.9 Å². The number of carbonyl (C=O) groups is 3. The van der Waals surface area contributed by atoms with Gasteiger partial charge in [0.2, 0.25) is 0 Å². The third-order valence-corrected chi connectivity index (χ3v) is 15.6. The number of likely N-dealkylation sites (N-methyl/N-ethyl adjacent to an activating group) is 1. The Morgan fingerprint density at radius 2 is 0.593 bits per heavy atom. The van der Waals surface area contributed by atoms with Crippen molar-refractivity contribution in [2.45, 2.75) is 309 Å². The minimum absolute atomic E-state index is 0.182. The van der Waals surface area contributed by atoms with Crippen molar-refractivity contribution in [2.24, 2.45) is 0 Å². The molecular formula is C82H138NO8+. The zero-order chi connectivity index (χ0) is 66.1. The first-order chi connectivity index (χ1) is 44.6. The molecule has 0 rings (SSSR count). The van der Waals surface area contributed by atoms with E-state index in [-0.39, 0.29) is 32.2 Å². The molecule has 0 bridgehead atoms. The van der Waals surface area contributed by atoms with E-state index in [0.717, 1.165) is 122 Å². The van der Waals surface area contributed by atoms with E-state index < -0.39 is 24.3 Å². The molecule has 0 spiro atoms. The minimum atomic E-state index is -1.52. The molecule has 0 aromatic heterocycles. The third-order valence-electron chi connectivity index (χ3n) is 15.6. The van der Waals surface area contributed by atoms with Crippen LogP contribution in [0, 0.1) is 0 Å². The zero-order valence-electron chi connectivity index (χ0n) is 59.2. The summed E-state index contributed by atoms with van der Waals surface area (Å²) in [6, 6.07) is 0. The molecule has 91 heavy (non-hydrogen) atoms. The van der Waals surface area contributed by atoms with Crippen molar-refractivity contribution in [3.63, 3.8) is 0 Å². The average molecular weight is 1270 g/mol. The number of carbonyl (C=O) groups excluding carboxylic acids is 2. The number of quaternary nitrogens is 1. The number of ether oxygens (including phenoxy) is 4. The van der Waals surface area contributed by atoms with E-state index in [1.165, 1.54) is 141 Å². The lowest BCUT2D eigenvalue weighted by Crippen LogP contribution is -2.40. The van der Waals surface area contributed by atoms with Gasteiger partial charge in [-0.2, -0.15) is 0 Å². The Kier molecular flexibility index (Phi) is 67.3. The molecule has 0 aliphatic heterocycles. The highest BCUT2D eigenvalue weighted by Crippen LogP contribution is 2.17. The first-order valence-electron chi connectivity index (χ1n) is 37.0. The van der Waals surface area contributed by atoms with E-state index in [1.807, 2.05) is 21.1 Å². The fourth-order valence-corrected chi connectivity index (χ4v) is 10.0. The summed E-state index contributed by atoms with van der Waals surface area (Å²) in [5.41, 5.74) is 0. The highest BCUT2D eigenvalue weighted by atomic mass is 16.7. The number of rotatable bonds is 67. The molecular weight excluding hydrogens is 1130 g/mol. The second kappa shape index (κ2) is 71.0. The van der Waals surface area contributed by atoms with Crippen molar-refractivity contribution in [3.8, 4) is 0 Å². The highest BCUT2D eigenvalue weighted by Gasteiger charge is 2.25. The summed E-state index contributed by atoms with van der Waals surface area (Å²) in [7, 11) is 5.98. The number of esters is 2. The molecule has 2 atom stereocenters. The van der Waals surface area contributed by atoms with Gasteiger partial charge in [-0.15, -0.1) is 0 Å². The Balaban J connectivity index is 4.11. The molecule has 0 fully saturated rings. The fourth-order valence-electron chi connectivity index (χ4n) is 10.0. The molecule has 9 heteroatoms. The normalized spacial score (nSPS) is 13.5. The second-order valence-corrected chi connectivity index (χ2v) is 25.5. The minimum Gasteiger partial charge on any atom is -0.477 e. The van der Waals surface area contributed by atoms with E-state index in [0.29, 0.717) is 23.9 Å². The van der Waals surface area contributed by atoms with E-state index in [9.17, 15) is 19.5 Å². The van der Waals surface area contributed by atoms with Crippen molar-refractivity contribution in [1.82, 2.24) is 0 Å². The Bertz CT molecular complexity index is 2010. The Labute approximate surface area is 560 Å². The van der Waals surface area contributed by atoms with Gasteiger partial charge < -0.3 is 28.5 Å². The molecule has 2 unspecified atom stereocenters.